The first-order valence-electron chi connectivity index (χ1n) is 14.1. The first-order chi connectivity index (χ1) is 20.3. The van der Waals surface area contributed by atoms with Crippen molar-refractivity contribution in [3.05, 3.63) is 73.3 Å². The summed E-state index contributed by atoms with van der Waals surface area (Å²) < 4.78 is 62.6. The maximum atomic E-state index is 13.6. The van der Waals surface area contributed by atoms with Crippen molar-refractivity contribution in [2.45, 2.75) is 36.0 Å². The summed E-state index contributed by atoms with van der Waals surface area (Å²) in [4.78, 5) is 8.82. The fourth-order valence-corrected chi connectivity index (χ4v) is 11.2. The molecule has 1 fully saturated rings. The van der Waals surface area contributed by atoms with E-state index in [4.69, 9.17) is 0 Å². The standard InChI is InChI=1S/C29H36IN6O4S2/c1-2-16-34(17-5-13-33-41(37,38)28-9-3-7-24-22-31-14-11-26(24)28)30-35-18-6-19-36(21-20-35)42(39,40)29-10-4-8-25-23-32-15-12-27(25)29/h3-4,7-12,14-15,22-23,33H,2,5-6,13,16-21H2,1H3/q-1. The summed E-state index contributed by atoms with van der Waals surface area (Å²) in [6, 6.07) is 14.0. The van der Waals surface area contributed by atoms with E-state index < -0.39 is 41.8 Å². The average molecular weight is 724 g/mol. The third kappa shape index (κ3) is 7.26. The van der Waals surface area contributed by atoms with Gasteiger partial charge in [-0.25, -0.2) is 0 Å². The van der Waals surface area contributed by atoms with Crippen LogP contribution < -0.4 is 26.5 Å². The maximum absolute atomic E-state index is 13.6. The Morgan fingerprint density at radius 1 is 0.833 bits per heavy atom. The zero-order valence-corrected chi connectivity index (χ0v) is 27.4. The predicted molar refractivity (Wildman–Crippen MR) is 160 cm³/mol. The molecule has 0 aliphatic carbocycles. The van der Waals surface area contributed by atoms with Gasteiger partial charge in [-0.3, -0.25) is 0 Å². The van der Waals surface area contributed by atoms with Crippen LogP contribution in [0, 0.1) is 0 Å². The van der Waals surface area contributed by atoms with E-state index in [0.717, 1.165) is 43.2 Å². The normalized spacial score (nSPS) is 16.0. The second-order valence-electron chi connectivity index (χ2n) is 10.1. The van der Waals surface area contributed by atoms with E-state index in [0.29, 0.717) is 48.3 Å². The molecule has 0 spiro atoms. The summed E-state index contributed by atoms with van der Waals surface area (Å²) in [5.74, 6) is 0. The van der Waals surface area contributed by atoms with Crippen LogP contribution in [0.1, 0.15) is 26.2 Å². The van der Waals surface area contributed by atoms with Gasteiger partial charge >= 0.3 is 261 Å². The van der Waals surface area contributed by atoms with Crippen LogP contribution in [0.5, 0.6) is 0 Å². The summed E-state index contributed by atoms with van der Waals surface area (Å²) in [7, 11) is -7.28. The summed E-state index contributed by atoms with van der Waals surface area (Å²) in [5.41, 5.74) is 0. The first-order valence-corrected chi connectivity index (χ1v) is 19.0. The number of nitrogens with one attached hydrogen (secondary N) is 1. The third-order valence-electron chi connectivity index (χ3n) is 7.14. The van der Waals surface area contributed by atoms with Gasteiger partial charge in [0.05, 0.1) is 0 Å². The molecular weight excluding hydrogens is 687 g/mol. The van der Waals surface area contributed by atoms with E-state index in [1.54, 1.807) is 65.5 Å². The fraction of sp³-hybridized carbons (Fsp3) is 0.379. The van der Waals surface area contributed by atoms with Crippen LogP contribution in [-0.4, -0.2) is 83.1 Å². The summed E-state index contributed by atoms with van der Waals surface area (Å²) in [5, 5.41) is 2.96. The molecule has 0 saturated carbocycles. The van der Waals surface area contributed by atoms with Gasteiger partial charge in [0.2, 0.25) is 0 Å². The molecule has 1 N–H and O–H groups in total. The van der Waals surface area contributed by atoms with Gasteiger partial charge < -0.3 is 0 Å². The number of nitrogens with zero attached hydrogens (tertiary/aromatic N) is 5. The molecule has 0 atom stereocenters. The molecule has 1 aliphatic rings. The summed E-state index contributed by atoms with van der Waals surface area (Å²) in [6.07, 6.45) is 9.05. The van der Waals surface area contributed by atoms with Crippen LogP contribution >= 0.6 is 0 Å². The Labute approximate surface area is 259 Å². The Kier molecular flexibility index (Phi) is 10.4. The second-order valence-corrected chi connectivity index (χ2v) is 16.9. The Bertz CT molecular complexity index is 1730. The summed E-state index contributed by atoms with van der Waals surface area (Å²) in [6.45, 7) is 6.67. The van der Waals surface area contributed by atoms with Crippen LogP contribution in [0.4, 0.5) is 0 Å². The fourth-order valence-electron chi connectivity index (χ4n) is 5.08. The number of aromatic nitrogens is 2. The molecule has 0 bridgehead atoms. The van der Waals surface area contributed by atoms with Crippen LogP contribution in [0.15, 0.2) is 83.1 Å². The van der Waals surface area contributed by atoms with E-state index in [-0.39, 0.29) is 4.90 Å². The van der Waals surface area contributed by atoms with Gasteiger partial charge in [0.1, 0.15) is 0 Å². The SMILES string of the molecule is CCCN(CCCNS(=O)(=O)c1cccc2cnccc12)[I-]N1CCCN(S(=O)(=O)c2cccc3cnccc23)CC1. The number of halogens is 1. The van der Waals surface area contributed by atoms with Crippen molar-refractivity contribution < 1.29 is 38.6 Å². The van der Waals surface area contributed by atoms with Gasteiger partial charge in [-0.15, -0.1) is 0 Å². The first kappa shape index (κ1) is 31.2. The number of pyridine rings is 2. The molecule has 13 heteroatoms. The molecule has 42 heavy (non-hydrogen) atoms. The van der Waals surface area contributed by atoms with E-state index in [9.17, 15) is 16.8 Å². The van der Waals surface area contributed by atoms with Gasteiger partial charge in [0, 0.05) is 0 Å². The molecule has 4 aromatic rings. The molecule has 2 aromatic heterocycles. The number of hydrogen-bond acceptors (Lipinski definition) is 8. The monoisotopic (exact) mass is 723 g/mol. The summed E-state index contributed by atoms with van der Waals surface area (Å²) >= 11 is -0.489. The van der Waals surface area contributed by atoms with Crippen molar-refractivity contribution in [1.82, 2.24) is 25.2 Å². The van der Waals surface area contributed by atoms with Gasteiger partial charge in [-0.2, -0.15) is 0 Å². The van der Waals surface area contributed by atoms with E-state index in [1.165, 1.54) is 0 Å². The van der Waals surface area contributed by atoms with Crippen molar-refractivity contribution in [3.63, 3.8) is 0 Å². The van der Waals surface area contributed by atoms with Gasteiger partial charge in [0.25, 0.3) is 0 Å². The van der Waals surface area contributed by atoms with Crippen molar-refractivity contribution >= 4 is 41.6 Å². The van der Waals surface area contributed by atoms with E-state index in [1.807, 2.05) is 12.1 Å². The molecule has 2 aromatic carbocycles. The molecule has 1 aliphatic heterocycles. The zero-order valence-electron chi connectivity index (χ0n) is 23.6. The zero-order chi connectivity index (χ0) is 29.6. The third-order valence-corrected chi connectivity index (χ3v) is 13.8. The molecule has 5 rings (SSSR count). The quantitative estimate of drug-likeness (QED) is 0.128. The molecule has 3 heterocycles. The van der Waals surface area contributed by atoms with Crippen molar-refractivity contribution in [2.24, 2.45) is 0 Å². The van der Waals surface area contributed by atoms with Crippen LogP contribution in [0.25, 0.3) is 21.5 Å². The number of sulfonamides is 2. The number of hydrogen-bond donors (Lipinski definition) is 1. The Hall–Kier alpha value is -2.27. The molecule has 10 nitrogen and oxygen atoms in total. The molecule has 1 saturated heterocycles. The number of fused-ring (bicyclic) bond motifs is 2. The Morgan fingerprint density at radius 2 is 1.50 bits per heavy atom. The van der Waals surface area contributed by atoms with Gasteiger partial charge in [-0.1, -0.05) is 0 Å². The minimum atomic E-state index is -3.65. The topological polar surface area (TPSA) is 116 Å². The van der Waals surface area contributed by atoms with Crippen molar-refractivity contribution in [2.75, 3.05) is 45.8 Å². The molecule has 0 unspecified atom stereocenters. The Morgan fingerprint density at radius 3 is 2.19 bits per heavy atom. The molecular formula is C29H36IN6O4S2-. The van der Waals surface area contributed by atoms with E-state index >= 15 is 0 Å². The number of benzene rings is 2. The average Bonchev–Trinajstić information content (AvgIpc) is 3.25. The van der Waals surface area contributed by atoms with Crippen LogP contribution in [-0.2, 0) is 20.0 Å². The van der Waals surface area contributed by atoms with Crippen LogP contribution in [0.3, 0.4) is 0 Å². The molecule has 0 radical (unpaired) electrons. The van der Waals surface area contributed by atoms with Crippen molar-refractivity contribution in [3.8, 4) is 0 Å². The van der Waals surface area contributed by atoms with Gasteiger partial charge in [-0.05, 0) is 0 Å². The second kappa shape index (κ2) is 14.0. The van der Waals surface area contributed by atoms with Crippen molar-refractivity contribution in [1.29, 1.82) is 0 Å². The van der Waals surface area contributed by atoms with E-state index in [2.05, 4.69) is 27.8 Å². The molecule has 226 valence electrons. The van der Waals surface area contributed by atoms with Gasteiger partial charge in [0.15, 0.2) is 0 Å². The van der Waals surface area contributed by atoms with Crippen LogP contribution in [0.2, 0.25) is 0 Å². The minimum absolute atomic E-state index is 0.268. The predicted octanol–water partition coefficient (Wildman–Crippen LogP) is 0.479. The Balaban J connectivity index is 1.16. The number of rotatable bonds is 12. The molecule has 0 amide bonds.